The zero-order valence-electron chi connectivity index (χ0n) is 15.1. The van der Waals surface area contributed by atoms with Crippen LogP contribution in [0, 0.1) is 24.0 Å². The van der Waals surface area contributed by atoms with Crippen molar-refractivity contribution < 1.29 is 19.2 Å². The molecule has 0 amide bonds. The number of Topliss-reactive ketones (excluding diaryl/α,β-unsaturated/α-hetero) is 1. The number of hydrogen-bond donors (Lipinski definition) is 0. The maximum absolute atomic E-state index is 12.4. The van der Waals surface area contributed by atoms with E-state index in [2.05, 4.69) is 0 Å². The van der Waals surface area contributed by atoms with Crippen LogP contribution >= 0.6 is 11.3 Å². The van der Waals surface area contributed by atoms with E-state index in [4.69, 9.17) is 4.74 Å². The van der Waals surface area contributed by atoms with E-state index in [9.17, 15) is 19.7 Å². The molecule has 0 aliphatic heterocycles. The summed E-state index contributed by atoms with van der Waals surface area (Å²) >= 11 is 1.17. The topological polar surface area (TPSA) is 91.4 Å². The van der Waals surface area contributed by atoms with E-state index in [1.165, 1.54) is 23.5 Å². The highest BCUT2D eigenvalue weighted by atomic mass is 32.1. The number of esters is 1. The minimum atomic E-state index is -0.614. The quantitative estimate of drug-likeness (QED) is 0.273. The second-order valence-corrected chi connectivity index (χ2v) is 7.20. The summed E-state index contributed by atoms with van der Waals surface area (Å²) in [6, 6.07) is 7.74. The van der Waals surface area contributed by atoms with Crippen LogP contribution in [0.15, 0.2) is 30.3 Å². The first-order valence-electron chi connectivity index (χ1n) is 8.36. The third kappa shape index (κ3) is 3.61. The van der Waals surface area contributed by atoms with Crippen molar-refractivity contribution >= 4 is 38.9 Å². The smallest absolute Gasteiger partial charge is 0.348 e. The number of nitro groups is 1. The minimum absolute atomic E-state index is 0.0401. The number of thiophene rings is 1. The average Bonchev–Trinajstić information content (AvgIpc) is 3.19. The van der Waals surface area contributed by atoms with Crippen LogP contribution in [0.3, 0.4) is 0 Å². The van der Waals surface area contributed by atoms with Gasteiger partial charge in [-0.3, -0.25) is 14.9 Å². The Bertz CT molecular complexity index is 1060. The first kappa shape index (κ1) is 18.8. The molecule has 140 valence electrons. The average molecular weight is 386 g/mol. The number of non-ortho nitro benzene ring substituents is 1. The normalized spacial score (nSPS) is 10.9. The first-order chi connectivity index (χ1) is 12.8. The van der Waals surface area contributed by atoms with Crippen molar-refractivity contribution in [2.45, 2.75) is 27.3 Å². The lowest BCUT2D eigenvalue weighted by atomic mass is 10.1. The molecule has 0 atom stereocenters. The lowest BCUT2D eigenvalue weighted by molar-refractivity contribution is -0.384. The molecule has 2 aromatic heterocycles. The molecule has 0 aliphatic rings. The van der Waals surface area contributed by atoms with Crippen LogP contribution in [0.1, 0.15) is 38.3 Å². The Kier molecular flexibility index (Phi) is 5.09. The van der Waals surface area contributed by atoms with E-state index in [0.29, 0.717) is 15.8 Å². The second kappa shape index (κ2) is 7.32. The molecule has 0 fully saturated rings. The molecule has 7 nitrogen and oxygen atoms in total. The van der Waals surface area contributed by atoms with Crippen molar-refractivity contribution in [2.24, 2.45) is 0 Å². The Hall–Kier alpha value is -3.00. The van der Waals surface area contributed by atoms with Gasteiger partial charge in [0.1, 0.15) is 4.88 Å². The fourth-order valence-corrected chi connectivity index (χ4v) is 4.03. The highest BCUT2D eigenvalue weighted by Gasteiger charge is 2.19. The monoisotopic (exact) mass is 386 g/mol. The van der Waals surface area contributed by atoms with Crippen molar-refractivity contribution in [3.8, 4) is 0 Å². The molecule has 0 radical (unpaired) electrons. The number of benzene rings is 1. The summed E-state index contributed by atoms with van der Waals surface area (Å²) in [5.74, 6) is -0.871. The van der Waals surface area contributed by atoms with Gasteiger partial charge in [-0.1, -0.05) is 0 Å². The molecule has 27 heavy (non-hydrogen) atoms. The number of aryl methyl sites for hydroxylation is 1. The molecule has 0 aliphatic carbocycles. The molecular weight excluding hydrogens is 368 g/mol. The third-order valence-electron chi connectivity index (χ3n) is 4.44. The van der Waals surface area contributed by atoms with Gasteiger partial charge in [-0.05, 0) is 39.0 Å². The van der Waals surface area contributed by atoms with Gasteiger partial charge >= 0.3 is 5.97 Å². The molecular formula is C19H18N2O5S. The highest BCUT2D eigenvalue weighted by molar-refractivity contribution is 7.20. The molecule has 8 heteroatoms. The molecule has 0 N–H and O–H groups in total. The van der Waals surface area contributed by atoms with Gasteiger partial charge in [0.15, 0.2) is 6.61 Å². The highest BCUT2D eigenvalue weighted by Crippen LogP contribution is 2.29. The molecule has 0 saturated carbocycles. The van der Waals surface area contributed by atoms with Crippen LogP contribution < -0.4 is 0 Å². The molecule has 1 aromatic carbocycles. The number of hydrogen-bond acceptors (Lipinski definition) is 6. The largest absolute Gasteiger partial charge is 0.453 e. The van der Waals surface area contributed by atoms with E-state index >= 15 is 0 Å². The van der Waals surface area contributed by atoms with Crippen LogP contribution in [0.4, 0.5) is 5.69 Å². The Morgan fingerprint density at radius 1 is 1.22 bits per heavy atom. The molecule has 3 rings (SSSR count). The molecule has 3 aromatic rings. The van der Waals surface area contributed by atoms with Crippen molar-refractivity contribution in [3.05, 3.63) is 62.3 Å². The SMILES string of the molecule is CCn1c(C)cc(C(=O)COC(=O)c2cc3cc([N+](=O)[O-])ccc3s2)c1C. The first-order valence-corrected chi connectivity index (χ1v) is 9.18. The van der Waals surface area contributed by atoms with Gasteiger partial charge in [0, 0.05) is 45.7 Å². The second-order valence-electron chi connectivity index (χ2n) is 6.12. The number of rotatable bonds is 6. The number of ether oxygens (including phenoxy) is 1. The summed E-state index contributed by atoms with van der Waals surface area (Å²) in [4.78, 5) is 35.4. The molecule has 0 spiro atoms. The number of ketones is 1. The van der Waals surface area contributed by atoms with E-state index in [0.717, 1.165) is 22.6 Å². The Morgan fingerprint density at radius 2 is 1.96 bits per heavy atom. The zero-order valence-corrected chi connectivity index (χ0v) is 16.0. The zero-order chi connectivity index (χ0) is 19.7. The summed E-state index contributed by atoms with van der Waals surface area (Å²) in [5.41, 5.74) is 2.34. The number of aromatic nitrogens is 1. The van der Waals surface area contributed by atoms with Crippen molar-refractivity contribution in [3.63, 3.8) is 0 Å². The standard InChI is InChI=1S/C19H18N2O5S/c1-4-20-11(2)7-15(12(20)3)16(22)10-26-19(23)18-9-13-8-14(21(24)25)5-6-17(13)27-18/h5-9H,4,10H2,1-3H3. The van der Waals surface area contributed by atoms with Crippen LogP contribution in [-0.2, 0) is 11.3 Å². The number of carbonyl (C=O) groups is 2. The number of carbonyl (C=O) groups excluding carboxylic acids is 2. The maximum Gasteiger partial charge on any atom is 0.348 e. The summed E-state index contributed by atoms with van der Waals surface area (Å²) in [6.07, 6.45) is 0. The predicted molar refractivity (Wildman–Crippen MR) is 103 cm³/mol. The molecule has 0 unspecified atom stereocenters. The van der Waals surface area contributed by atoms with Gasteiger partial charge < -0.3 is 9.30 Å². The van der Waals surface area contributed by atoms with Crippen molar-refractivity contribution in [1.82, 2.24) is 4.57 Å². The van der Waals surface area contributed by atoms with Gasteiger partial charge in [-0.15, -0.1) is 11.3 Å². The van der Waals surface area contributed by atoms with Crippen LogP contribution in [0.25, 0.3) is 10.1 Å². The number of fused-ring (bicyclic) bond motifs is 1. The lowest BCUT2D eigenvalue weighted by Gasteiger charge is -2.06. The van der Waals surface area contributed by atoms with Crippen molar-refractivity contribution in [1.29, 1.82) is 0 Å². The van der Waals surface area contributed by atoms with E-state index in [1.54, 1.807) is 18.2 Å². The maximum atomic E-state index is 12.4. The molecule has 0 bridgehead atoms. The third-order valence-corrected chi connectivity index (χ3v) is 5.53. The van der Waals surface area contributed by atoms with Gasteiger partial charge in [-0.2, -0.15) is 0 Å². The summed E-state index contributed by atoms with van der Waals surface area (Å²) < 4.78 is 7.93. The predicted octanol–water partition coefficient (Wildman–Crippen LogP) is 4.29. The molecule has 2 heterocycles. The lowest BCUT2D eigenvalue weighted by Crippen LogP contribution is -2.14. The summed E-state index contributed by atoms with van der Waals surface area (Å²) in [6.45, 7) is 6.21. The van der Waals surface area contributed by atoms with Gasteiger partial charge in [-0.25, -0.2) is 4.79 Å². The summed E-state index contributed by atoms with van der Waals surface area (Å²) in [7, 11) is 0. The van der Waals surface area contributed by atoms with Gasteiger partial charge in [0.05, 0.1) is 4.92 Å². The van der Waals surface area contributed by atoms with E-state index in [-0.39, 0.29) is 18.1 Å². The number of nitrogens with zero attached hydrogens (tertiary/aromatic N) is 2. The minimum Gasteiger partial charge on any atom is -0.453 e. The molecule has 0 saturated heterocycles. The van der Waals surface area contributed by atoms with Crippen molar-refractivity contribution in [2.75, 3.05) is 6.61 Å². The number of nitro benzene ring substituents is 1. The van der Waals surface area contributed by atoms with Crippen LogP contribution in [0.2, 0.25) is 0 Å². The summed E-state index contributed by atoms with van der Waals surface area (Å²) in [5, 5.41) is 11.4. The van der Waals surface area contributed by atoms with E-state index in [1.807, 2.05) is 25.3 Å². The Balaban J connectivity index is 1.73. The van der Waals surface area contributed by atoms with Gasteiger partial charge in [0.2, 0.25) is 5.78 Å². The fraction of sp³-hybridized carbons (Fsp3) is 0.263. The van der Waals surface area contributed by atoms with E-state index < -0.39 is 10.9 Å². The Morgan fingerprint density at radius 3 is 2.59 bits per heavy atom. The Labute approximate surface area is 159 Å². The van der Waals surface area contributed by atoms with Crippen LogP contribution in [-0.4, -0.2) is 27.8 Å². The fourth-order valence-electron chi connectivity index (χ4n) is 3.09. The van der Waals surface area contributed by atoms with Crippen LogP contribution in [0.5, 0.6) is 0 Å². The van der Waals surface area contributed by atoms with Gasteiger partial charge in [0.25, 0.3) is 5.69 Å².